The van der Waals surface area contributed by atoms with Gasteiger partial charge in [-0.2, -0.15) is 0 Å². The summed E-state index contributed by atoms with van der Waals surface area (Å²) in [6.45, 7) is 11.0. The van der Waals surface area contributed by atoms with Gasteiger partial charge in [0.05, 0.1) is 5.54 Å². The standard InChI is InChI=1S/C10H22N2O2/c1-7(11)10(5,6)12-8(13)14-9(2,3)4/h7H,11H2,1-6H3,(H,12,13). The van der Waals surface area contributed by atoms with Crippen molar-refractivity contribution >= 4 is 6.09 Å². The highest BCUT2D eigenvalue weighted by Crippen LogP contribution is 2.10. The van der Waals surface area contributed by atoms with Crippen LogP contribution in [0.2, 0.25) is 0 Å². The van der Waals surface area contributed by atoms with Gasteiger partial charge in [0.1, 0.15) is 5.60 Å². The lowest BCUT2D eigenvalue weighted by molar-refractivity contribution is 0.0461. The van der Waals surface area contributed by atoms with Crippen LogP contribution in [0.5, 0.6) is 0 Å². The van der Waals surface area contributed by atoms with Crippen molar-refractivity contribution in [1.82, 2.24) is 5.32 Å². The Labute approximate surface area is 86.2 Å². The molecule has 0 heterocycles. The summed E-state index contributed by atoms with van der Waals surface area (Å²) in [5, 5.41) is 2.73. The number of carbonyl (C=O) groups excluding carboxylic acids is 1. The van der Waals surface area contributed by atoms with Crippen molar-refractivity contribution in [3.63, 3.8) is 0 Å². The van der Waals surface area contributed by atoms with Crippen molar-refractivity contribution in [3.8, 4) is 0 Å². The number of alkyl carbamates (subject to hydrolysis) is 1. The molecule has 0 aromatic heterocycles. The van der Waals surface area contributed by atoms with Gasteiger partial charge in [0.25, 0.3) is 0 Å². The van der Waals surface area contributed by atoms with Crippen LogP contribution in [0.1, 0.15) is 41.5 Å². The average molecular weight is 202 g/mol. The molecular weight excluding hydrogens is 180 g/mol. The van der Waals surface area contributed by atoms with Crippen LogP contribution in [-0.4, -0.2) is 23.3 Å². The van der Waals surface area contributed by atoms with Crippen molar-refractivity contribution in [3.05, 3.63) is 0 Å². The Hall–Kier alpha value is -0.770. The Morgan fingerprint density at radius 1 is 1.29 bits per heavy atom. The molecule has 0 saturated heterocycles. The molecule has 0 aliphatic carbocycles. The Balaban J connectivity index is 4.20. The maximum atomic E-state index is 11.4. The van der Waals surface area contributed by atoms with Crippen LogP contribution in [0.25, 0.3) is 0 Å². The van der Waals surface area contributed by atoms with Crippen LogP contribution in [0.3, 0.4) is 0 Å². The van der Waals surface area contributed by atoms with Gasteiger partial charge in [0.15, 0.2) is 0 Å². The molecule has 0 rings (SSSR count). The molecule has 4 nitrogen and oxygen atoms in total. The summed E-state index contributed by atoms with van der Waals surface area (Å²) in [5.41, 5.74) is 4.78. The third-order valence-corrected chi connectivity index (χ3v) is 1.96. The third kappa shape index (κ3) is 5.07. The smallest absolute Gasteiger partial charge is 0.408 e. The first-order valence-electron chi connectivity index (χ1n) is 4.81. The molecule has 14 heavy (non-hydrogen) atoms. The molecule has 0 bridgehead atoms. The first-order chi connectivity index (χ1) is 6.04. The topological polar surface area (TPSA) is 64.3 Å². The molecule has 4 heteroatoms. The van der Waals surface area contributed by atoms with E-state index in [0.717, 1.165) is 0 Å². The van der Waals surface area contributed by atoms with Crippen molar-refractivity contribution in [2.24, 2.45) is 5.73 Å². The van der Waals surface area contributed by atoms with E-state index in [1.54, 1.807) is 0 Å². The minimum atomic E-state index is -0.474. The Morgan fingerprint density at radius 2 is 1.71 bits per heavy atom. The number of rotatable bonds is 2. The monoisotopic (exact) mass is 202 g/mol. The number of amides is 1. The van der Waals surface area contributed by atoms with E-state index in [2.05, 4.69) is 5.32 Å². The molecule has 0 saturated carbocycles. The van der Waals surface area contributed by atoms with Crippen LogP contribution >= 0.6 is 0 Å². The van der Waals surface area contributed by atoms with Gasteiger partial charge in [0, 0.05) is 6.04 Å². The molecule has 1 atom stereocenters. The minimum absolute atomic E-state index is 0.130. The fourth-order valence-electron chi connectivity index (χ4n) is 0.680. The Morgan fingerprint density at radius 3 is 2.00 bits per heavy atom. The number of nitrogens with one attached hydrogen (secondary N) is 1. The number of hydrogen-bond acceptors (Lipinski definition) is 3. The van der Waals surface area contributed by atoms with E-state index in [4.69, 9.17) is 10.5 Å². The summed E-state index contributed by atoms with van der Waals surface area (Å²) in [6, 6.07) is -0.130. The van der Waals surface area contributed by atoms with Crippen LogP contribution in [0.4, 0.5) is 4.79 Å². The molecule has 1 unspecified atom stereocenters. The zero-order valence-electron chi connectivity index (χ0n) is 9.97. The van der Waals surface area contributed by atoms with Crippen molar-refractivity contribution in [2.45, 2.75) is 58.7 Å². The Kier molecular flexibility index (Phi) is 3.94. The van der Waals surface area contributed by atoms with Crippen molar-refractivity contribution < 1.29 is 9.53 Å². The molecule has 0 aromatic rings. The zero-order chi connectivity index (χ0) is 11.6. The van der Waals surface area contributed by atoms with E-state index in [1.807, 2.05) is 41.5 Å². The summed E-state index contributed by atoms with van der Waals surface area (Å²) in [4.78, 5) is 11.4. The van der Waals surface area contributed by atoms with E-state index >= 15 is 0 Å². The second-order valence-electron chi connectivity index (χ2n) is 5.14. The first-order valence-corrected chi connectivity index (χ1v) is 4.81. The second kappa shape index (κ2) is 4.17. The lowest BCUT2D eigenvalue weighted by Crippen LogP contribution is -2.55. The fraction of sp³-hybridized carbons (Fsp3) is 0.900. The normalized spacial score (nSPS) is 14.8. The molecular formula is C10H22N2O2. The molecule has 84 valence electrons. The lowest BCUT2D eigenvalue weighted by atomic mass is 9.97. The highest BCUT2D eigenvalue weighted by Gasteiger charge is 2.27. The second-order valence-corrected chi connectivity index (χ2v) is 5.14. The van der Waals surface area contributed by atoms with Crippen LogP contribution in [0, 0.1) is 0 Å². The van der Waals surface area contributed by atoms with Gasteiger partial charge in [-0.3, -0.25) is 0 Å². The molecule has 0 aromatic carbocycles. The SMILES string of the molecule is CC(N)C(C)(C)NC(=O)OC(C)(C)C. The minimum Gasteiger partial charge on any atom is -0.444 e. The zero-order valence-corrected chi connectivity index (χ0v) is 9.97. The van der Waals surface area contributed by atoms with Gasteiger partial charge < -0.3 is 15.8 Å². The van der Waals surface area contributed by atoms with Gasteiger partial charge in [-0.25, -0.2) is 4.79 Å². The molecule has 0 aliphatic heterocycles. The van der Waals surface area contributed by atoms with Crippen molar-refractivity contribution in [2.75, 3.05) is 0 Å². The van der Waals surface area contributed by atoms with Gasteiger partial charge in [-0.1, -0.05) is 0 Å². The summed E-state index contributed by atoms with van der Waals surface area (Å²) in [5.74, 6) is 0. The van der Waals surface area contributed by atoms with E-state index in [1.165, 1.54) is 0 Å². The van der Waals surface area contributed by atoms with Crippen LogP contribution in [-0.2, 0) is 4.74 Å². The summed E-state index contributed by atoms with van der Waals surface area (Å²) < 4.78 is 5.12. The fourth-order valence-corrected chi connectivity index (χ4v) is 0.680. The maximum Gasteiger partial charge on any atom is 0.408 e. The predicted molar refractivity (Wildman–Crippen MR) is 57.1 cm³/mol. The number of carbonyl (C=O) groups is 1. The lowest BCUT2D eigenvalue weighted by Gasteiger charge is -2.31. The molecule has 0 fully saturated rings. The number of hydrogen-bond donors (Lipinski definition) is 2. The summed E-state index contributed by atoms with van der Waals surface area (Å²) in [6.07, 6.45) is -0.431. The van der Waals surface area contributed by atoms with Gasteiger partial charge >= 0.3 is 6.09 Å². The Bertz CT molecular complexity index is 205. The van der Waals surface area contributed by atoms with Crippen LogP contribution in [0.15, 0.2) is 0 Å². The van der Waals surface area contributed by atoms with Gasteiger partial charge in [0.2, 0.25) is 0 Å². The van der Waals surface area contributed by atoms with Gasteiger partial charge in [-0.15, -0.1) is 0 Å². The van der Waals surface area contributed by atoms with E-state index in [0.29, 0.717) is 0 Å². The molecule has 1 amide bonds. The predicted octanol–water partition coefficient (Wildman–Crippen LogP) is 1.64. The highest BCUT2D eigenvalue weighted by molar-refractivity contribution is 5.68. The summed E-state index contributed by atoms with van der Waals surface area (Å²) in [7, 11) is 0. The van der Waals surface area contributed by atoms with E-state index < -0.39 is 17.2 Å². The third-order valence-electron chi connectivity index (χ3n) is 1.96. The first kappa shape index (κ1) is 13.2. The van der Waals surface area contributed by atoms with Crippen molar-refractivity contribution in [1.29, 1.82) is 0 Å². The molecule has 3 N–H and O–H groups in total. The van der Waals surface area contributed by atoms with Crippen LogP contribution < -0.4 is 11.1 Å². The maximum absolute atomic E-state index is 11.4. The quantitative estimate of drug-likeness (QED) is 0.715. The van der Waals surface area contributed by atoms with Gasteiger partial charge in [-0.05, 0) is 41.5 Å². The average Bonchev–Trinajstić information content (AvgIpc) is 1.79. The molecule has 0 radical (unpaired) electrons. The largest absolute Gasteiger partial charge is 0.444 e. The number of nitrogens with two attached hydrogens (primary N) is 1. The summed E-state index contributed by atoms with van der Waals surface area (Å²) >= 11 is 0. The molecule has 0 spiro atoms. The number of ether oxygens (including phenoxy) is 1. The van der Waals surface area contributed by atoms with E-state index in [-0.39, 0.29) is 6.04 Å². The highest BCUT2D eigenvalue weighted by atomic mass is 16.6. The van der Waals surface area contributed by atoms with E-state index in [9.17, 15) is 4.79 Å². The molecule has 0 aliphatic rings.